The molecule has 1 saturated heterocycles. The number of para-hydroxylation sites is 1. The Labute approximate surface area is 310 Å². The number of methoxy groups -OCH3 is 1. The van der Waals surface area contributed by atoms with Crippen molar-refractivity contribution in [1.29, 1.82) is 0 Å². The van der Waals surface area contributed by atoms with Crippen LogP contribution in [0, 0.1) is 0 Å². The molecule has 0 aliphatic carbocycles. The summed E-state index contributed by atoms with van der Waals surface area (Å²) in [6.07, 6.45) is -0.289. The van der Waals surface area contributed by atoms with Gasteiger partial charge < -0.3 is 43.3 Å². The maximum atomic E-state index is 13.3. The predicted molar refractivity (Wildman–Crippen MR) is 200 cm³/mol. The van der Waals surface area contributed by atoms with Gasteiger partial charge in [-0.05, 0) is 59.5 Å². The number of carbonyl (C=O) groups excluding carboxylic acids is 1. The average molecular weight is 731 g/mol. The molecule has 3 atom stereocenters. The average Bonchev–Trinajstić information content (AvgIpc) is 3.17. The number of carbonyl (C=O) groups is 1. The van der Waals surface area contributed by atoms with E-state index in [1.807, 2.05) is 84.9 Å². The Hall–Kier alpha value is -4.48. The van der Waals surface area contributed by atoms with E-state index in [4.69, 9.17) is 40.0 Å². The molecule has 6 rings (SSSR count). The van der Waals surface area contributed by atoms with Crippen LogP contribution < -0.4 is 19.1 Å². The second-order valence-corrected chi connectivity index (χ2v) is 13.3. The Balaban J connectivity index is 1.11. The lowest BCUT2D eigenvalue weighted by Crippen LogP contribution is -2.53. The number of hydrogen-bond donors (Lipinski definition) is 1. The summed E-state index contributed by atoms with van der Waals surface area (Å²) in [5, 5.41) is 12.1. The van der Waals surface area contributed by atoms with Crippen LogP contribution in [0.3, 0.4) is 0 Å². The van der Waals surface area contributed by atoms with Gasteiger partial charge in [-0.15, -0.1) is 0 Å². The molecule has 2 aliphatic rings. The highest BCUT2D eigenvalue weighted by Gasteiger charge is 2.40. The Bertz CT molecular complexity index is 1710. The third-order valence-electron chi connectivity index (χ3n) is 9.23. The van der Waals surface area contributed by atoms with Crippen LogP contribution in [0.2, 0.25) is 5.02 Å². The second-order valence-electron chi connectivity index (χ2n) is 12.9. The van der Waals surface area contributed by atoms with Crippen molar-refractivity contribution in [3.05, 3.63) is 119 Å². The van der Waals surface area contributed by atoms with Gasteiger partial charge in [-0.25, -0.2) is 4.79 Å². The fourth-order valence-electron chi connectivity index (χ4n) is 6.57. The number of hydrogen-bond acceptors (Lipinski definition) is 9. The summed E-state index contributed by atoms with van der Waals surface area (Å²) in [5.74, 6) is 1.82. The molecule has 1 amide bonds. The number of rotatable bonds is 16. The van der Waals surface area contributed by atoms with Gasteiger partial charge in [-0.3, -0.25) is 0 Å². The highest BCUT2D eigenvalue weighted by atomic mass is 35.5. The molecular formula is C41H47ClN2O8. The molecule has 0 radical (unpaired) electrons. The van der Waals surface area contributed by atoms with Crippen LogP contribution in [0.5, 0.6) is 17.2 Å². The zero-order valence-electron chi connectivity index (χ0n) is 29.5. The molecule has 1 N–H and O–H groups in total. The minimum atomic E-state index is -0.884. The van der Waals surface area contributed by atoms with Gasteiger partial charge in [0, 0.05) is 32.6 Å². The lowest BCUT2D eigenvalue weighted by Gasteiger charge is -2.41. The summed E-state index contributed by atoms with van der Waals surface area (Å²) >= 11 is 6.18. The van der Waals surface area contributed by atoms with Crippen molar-refractivity contribution in [3.63, 3.8) is 0 Å². The lowest BCUT2D eigenvalue weighted by atomic mass is 9.84. The summed E-state index contributed by atoms with van der Waals surface area (Å²) in [7, 11) is 1.71. The minimum Gasteiger partial charge on any atom is -0.493 e. The van der Waals surface area contributed by atoms with E-state index in [2.05, 4.69) is 11.0 Å². The molecule has 0 saturated carbocycles. The summed E-state index contributed by atoms with van der Waals surface area (Å²) < 4.78 is 35.2. The number of halogens is 1. The summed E-state index contributed by atoms with van der Waals surface area (Å²) in [4.78, 5) is 17.1. The zero-order chi connectivity index (χ0) is 36.1. The van der Waals surface area contributed by atoms with Gasteiger partial charge in [0.15, 0.2) is 0 Å². The highest BCUT2D eigenvalue weighted by molar-refractivity contribution is 6.32. The molecular weight excluding hydrogens is 684 g/mol. The number of amides is 1. The van der Waals surface area contributed by atoms with Crippen LogP contribution in [0.25, 0.3) is 0 Å². The molecule has 10 nitrogen and oxygen atoms in total. The molecule has 3 unspecified atom stereocenters. The van der Waals surface area contributed by atoms with E-state index >= 15 is 0 Å². The van der Waals surface area contributed by atoms with Crippen molar-refractivity contribution in [2.75, 3.05) is 64.6 Å². The van der Waals surface area contributed by atoms with E-state index < -0.39 is 18.3 Å². The van der Waals surface area contributed by atoms with Crippen LogP contribution in [0.15, 0.2) is 97.1 Å². The number of β-amino-alcohol motifs (C(OH)–C–C–N with tert-alkyl or cyclic N) is 1. The Morgan fingerprint density at radius 2 is 1.65 bits per heavy atom. The smallest absolute Gasteiger partial charge is 0.410 e. The van der Waals surface area contributed by atoms with E-state index in [0.717, 1.165) is 47.6 Å². The van der Waals surface area contributed by atoms with E-state index in [-0.39, 0.29) is 32.2 Å². The number of ether oxygens (including phenoxy) is 6. The molecule has 1 fully saturated rings. The molecule has 276 valence electrons. The van der Waals surface area contributed by atoms with Crippen LogP contribution in [0.1, 0.15) is 35.4 Å². The Morgan fingerprint density at radius 3 is 2.46 bits per heavy atom. The van der Waals surface area contributed by atoms with E-state index in [0.29, 0.717) is 49.4 Å². The summed E-state index contributed by atoms with van der Waals surface area (Å²) in [6, 6.07) is 30.7. The molecule has 52 heavy (non-hydrogen) atoms. The third-order valence-corrected chi connectivity index (χ3v) is 9.54. The molecule has 0 bridgehead atoms. The maximum Gasteiger partial charge on any atom is 0.410 e. The van der Waals surface area contributed by atoms with Crippen LogP contribution in [-0.4, -0.2) is 88.0 Å². The molecule has 0 aromatic heterocycles. The first-order valence-electron chi connectivity index (χ1n) is 17.8. The molecule has 0 spiro atoms. The summed E-state index contributed by atoms with van der Waals surface area (Å²) in [5.41, 5.74) is 3.79. The van der Waals surface area contributed by atoms with E-state index in [9.17, 15) is 9.90 Å². The number of piperidine rings is 1. The normalized spacial score (nSPS) is 18.3. The Kier molecular flexibility index (Phi) is 13.5. The van der Waals surface area contributed by atoms with Crippen LogP contribution >= 0.6 is 11.6 Å². The first-order valence-corrected chi connectivity index (χ1v) is 18.2. The largest absolute Gasteiger partial charge is 0.493 e. The van der Waals surface area contributed by atoms with Crippen molar-refractivity contribution in [3.8, 4) is 17.2 Å². The molecule has 11 heteroatoms. The summed E-state index contributed by atoms with van der Waals surface area (Å²) in [6.45, 7) is 4.75. The molecule has 4 aromatic carbocycles. The highest BCUT2D eigenvalue weighted by Crippen LogP contribution is 2.35. The number of anilines is 1. The monoisotopic (exact) mass is 730 g/mol. The van der Waals surface area contributed by atoms with Crippen molar-refractivity contribution in [2.24, 2.45) is 0 Å². The van der Waals surface area contributed by atoms with Gasteiger partial charge in [0.1, 0.15) is 30.5 Å². The quantitative estimate of drug-likeness (QED) is 0.121. The molecule has 2 heterocycles. The topological polar surface area (TPSA) is 99.2 Å². The second kappa shape index (κ2) is 18.8. The SMILES string of the molecule is COCCCN1CCOc2ccc(COC3CN(C(=O)OCc4ccccc4)CC(O)C3c3ccc(OCCCOc4ccccc4Cl)cc3)cc21. The first kappa shape index (κ1) is 37.3. The number of benzene rings is 4. The fourth-order valence-corrected chi connectivity index (χ4v) is 6.76. The maximum absolute atomic E-state index is 13.3. The van der Waals surface area contributed by atoms with Crippen molar-refractivity contribution < 1.29 is 38.3 Å². The van der Waals surface area contributed by atoms with E-state index in [1.165, 1.54) is 4.90 Å². The van der Waals surface area contributed by atoms with Gasteiger partial charge in [0.25, 0.3) is 0 Å². The van der Waals surface area contributed by atoms with E-state index in [1.54, 1.807) is 13.2 Å². The van der Waals surface area contributed by atoms with Crippen LogP contribution in [0.4, 0.5) is 10.5 Å². The third kappa shape index (κ3) is 10.1. The number of likely N-dealkylation sites (tertiary alicyclic amines) is 1. The van der Waals surface area contributed by atoms with Crippen molar-refractivity contribution in [2.45, 2.75) is 44.2 Å². The standard InChI is InChI=1S/C41H47ClN2O8/c1-47-21-7-19-43-20-24-50-38-18-13-31(25-35(38)43)29-51-39-27-44(41(46)52-28-30-9-3-2-4-10-30)26-36(45)40(39)32-14-16-33(17-15-32)48-22-8-23-49-37-12-6-5-11-34(37)42/h2-6,9-18,25,36,39-40,45H,7-8,19-24,26-29H2,1H3. The number of fused-ring (bicyclic) bond motifs is 1. The fraction of sp³-hybridized carbons (Fsp3) is 0.390. The molecule has 2 aliphatic heterocycles. The first-order chi connectivity index (χ1) is 25.5. The van der Waals surface area contributed by atoms with Gasteiger partial charge in [-0.1, -0.05) is 72.3 Å². The van der Waals surface area contributed by atoms with Crippen molar-refractivity contribution in [1.82, 2.24) is 4.90 Å². The van der Waals surface area contributed by atoms with Crippen molar-refractivity contribution >= 4 is 23.4 Å². The zero-order valence-corrected chi connectivity index (χ0v) is 30.3. The van der Waals surface area contributed by atoms with Gasteiger partial charge >= 0.3 is 6.09 Å². The van der Waals surface area contributed by atoms with Crippen LogP contribution in [-0.2, 0) is 27.4 Å². The predicted octanol–water partition coefficient (Wildman–Crippen LogP) is 7.11. The van der Waals surface area contributed by atoms with Gasteiger partial charge in [-0.2, -0.15) is 0 Å². The Morgan fingerprint density at radius 1 is 0.865 bits per heavy atom. The number of nitrogens with zero attached hydrogens (tertiary/aromatic N) is 2. The minimum absolute atomic E-state index is 0.119. The lowest BCUT2D eigenvalue weighted by molar-refractivity contribution is -0.0692. The number of aliphatic hydroxyl groups is 1. The van der Waals surface area contributed by atoms with Gasteiger partial charge in [0.2, 0.25) is 0 Å². The molecule has 4 aromatic rings. The number of aliphatic hydroxyl groups excluding tert-OH is 1. The van der Waals surface area contributed by atoms with Gasteiger partial charge in [0.05, 0.1) is 62.4 Å².